The molecule has 2 rings (SSSR count). The van der Waals surface area contributed by atoms with Gasteiger partial charge in [0.15, 0.2) is 0 Å². The summed E-state index contributed by atoms with van der Waals surface area (Å²) in [5.41, 5.74) is 1.34. The molecule has 2 N–H and O–H groups in total. The molecule has 0 radical (unpaired) electrons. The predicted octanol–water partition coefficient (Wildman–Crippen LogP) is 2.12. The molecule has 5 nitrogen and oxygen atoms in total. The lowest BCUT2D eigenvalue weighted by Gasteiger charge is -2.17. The molecule has 0 spiro atoms. The highest BCUT2D eigenvalue weighted by molar-refractivity contribution is 7.91. The van der Waals surface area contributed by atoms with E-state index in [-0.39, 0.29) is 15.9 Å². The lowest BCUT2D eigenvalue weighted by Crippen LogP contribution is -2.25. The van der Waals surface area contributed by atoms with Crippen LogP contribution in [0.5, 0.6) is 0 Å². The first kappa shape index (κ1) is 16.6. The summed E-state index contributed by atoms with van der Waals surface area (Å²) in [7, 11) is -2.22. The Hall–Kier alpha value is -1.77. The summed E-state index contributed by atoms with van der Waals surface area (Å²) in [5.74, 6) is -0.647. The fourth-order valence-electron chi connectivity index (χ4n) is 1.91. The number of rotatable bonds is 4. The van der Waals surface area contributed by atoms with Crippen LogP contribution in [0.2, 0.25) is 0 Å². The third-order valence-electron chi connectivity index (χ3n) is 3.05. The fourth-order valence-corrected chi connectivity index (χ4v) is 3.87. The van der Waals surface area contributed by atoms with Gasteiger partial charge in [-0.1, -0.05) is 12.1 Å². The SMILES string of the molecule is Cc1cc(S(N)(=O)=O)sc1C(=O)N(C)Cc1ccc(F)cc1. The summed E-state index contributed by atoms with van der Waals surface area (Å²) in [6.07, 6.45) is 0. The molecule has 1 aromatic carbocycles. The molecule has 0 aliphatic heterocycles. The number of aryl methyl sites for hydroxylation is 1. The van der Waals surface area contributed by atoms with Crippen LogP contribution in [-0.2, 0) is 16.6 Å². The van der Waals surface area contributed by atoms with Gasteiger partial charge in [0, 0.05) is 13.6 Å². The van der Waals surface area contributed by atoms with Crippen molar-refractivity contribution in [3.05, 3.63) is 52.2 Å². The molecule has 22 heavy (non-hydrogen) atoms. The summed E-state index contributed by atoms with van der Waals surface area (Å²) >= 11 is 0.852. The Kier molecular flexibility index (Phi) is 4.64. The molecule has 0 saturated carbocycles. The number of primary sulfonamides is 1. The van der Waals surface area contributed by atoms with E-state index in [1.165, 1.54) is 23.1 Å². The molecule has 0 saturated heterocycles. The van der Waals surface area contributed by atoms with E-state index in [4.69, 9.17) is 5.14 Å². The number of sulfonamides is 1. The van der Waals surface area contributed by atoms with Gasteiger partial charge in [-0.05, 0) is 36.2 Å². The average molecular weight is 342 g/mol. The second kappa shape index (κ2) is 6.15. The summed E-state index contributed by atoms with van der Waals surface area (Å²) in [5, 5.41) is 5.08. The average Bonchev–Trinajstić information content (AvgIpc) is 2.82. The van der Waals surface area contributed by atoms with Crippen LogP contribution in [0.15, 0.2) is 34.5 Å². The molecule has 8 heteroatoms. The number of hydrogen-bond acceptors (Lipinski definition) is 4. The number of hydrogen-bond donors (Lipinski definition) is 1. The van der Waals surface area contributed by atoms with Crippen molar-refractivity contribution in [3.63, 3.8) is 0 Å². The van der Waals surface area contributed by atoms with Crippen molar-refractivity contribution in [3.8, 4) is 0 Å². The van der Waals surface area contributed by atoms with E-state index in [2.05, 4.69) is 0 Å². The third kappa shape index (κ3) is 3.70. The molecule has 0 unspecified atom stereocenters. The molecule has 2 aromatic rings. The summed E-state index contributed by atoms with van der Waals surface area (Å²) < 4.78 is 35.5. The zero-order chi connectivity index (χ0) is 16.5. The van der Waals surface area contributed by atoms with Gasteiger partial charge in [-0.2, -0.15) is 0 Å². The number of amides is 1. The number of halogens is 1. The number of nitrogens with two attached hydrogens (primary N) is 1. The van der Waals surface area contributed by atoms with Crippen molar-refractivity contribution < 1.29 is 17.6 Å². The molecule has 0 aliphatic rings. The van der Waals surface area contributed by atoms with Crippen LogP contribution < -0.4 is 5.14 Å². The van der Waals surface area contributed by atoms with Crippen LogP contribution in [0.4, 0.5) is 4.39 Å². The maximum absolute atomic E-state index is 12.9. The molecule has 0 atom stereocenters. The van der Waals surface area contributed by atoms with Crippen molar-refractivity contribution in [2.75, 3.05) is 7.05 Å². The van der Waals surface area contributed by atoms with Gasteiger partial charge in [0.25, 0.3) is 5.91 Å². The first-order valence-electron chi connectivity index (χ1n) is 6.31. The van der Waals surface area contributed by atoms with E-state index < -0.39 is 10.0 Å². The first-order valence-corrected chi connectivity index (χ1v) is 8.68. The summed E-state index contributed by atoms with van der Waals surface area (Å²) in [4.78, 5) is 14.2. The van der Waals surface area contributed by atoms with Gasteiger partial charge in [-0.25, -0.2) is 17.9 Å². The highest BCUT2D eigenvalue weighted by Gasteiger charge is 2.21. The van der Waals surface area contributed by atoms with Crippen LogP contribution in [0.25, 0.3) is 0 Å². The Morgan fingerprint density at radius 1 is 1.32 bits per heavy atom. The van der Waals surface area contributed by atoms with Crippen molar-refractivity contribution in [1.29, 1.82) is 0 Å². The van der Waals surface area contributed by atoms with E-state index >= 15 is 0 Å². The monoisotopic (exact) mass is 342 g/mol. The van der Waals surface area contributed by atoms with E-state index in [1.807, 2.05) is 0 Å². The van der Waals surface area contributed by atoms with Gasteiger partial charge < -0.3 is 4.90 Å². The lowest BCUT2D eigenvalue weighted by molar-refractivity contribution is 0.0789. The Bertz CT molecular complexity index is 798. The van der Waals surface area contributed by atoms with Gasteiger partial charge in [0.2, 0.25) is 10.0 Å². The van der Waals surface area contributed by atoms with Crippen LogP contribution in [0.1, 0.15) is 20.8 Å². The number of carbonyl (C=O) groups excluding carboxylic acids is 1. The number of benzene rings is 1. The molecular weight excluding hydrogens is 327 g/mol. The normalized spacial score (nSPS) is 11.5. The van der Waals surface area contributed by atoms with Crippen LogP contribution in [-0.4, -0.2) is 26.3 Å². The molecule has 1 heterocycles. The topological polar surface area (TPSA) is 80.5 Å². The summed E-state index contributed by atoms with van der Waals surface area (Å²) in [6, 6.07) is 7.22. The Balaban J connectivity index is 2.20. The smallest absolute Gasteiger partial charge is 0.264 e. The Morgan fingerprint density at radius 2 is 1.91 bits per heavy atom. The van der Waals surface area contributed by atoms with Crippen molar-refractivity contribution in [2.24, 2.45) is 5.14 Å². The molecular formula is C14H15FN2O3S2. The zero-order valence-electron chi connectivity index (χ0n) is 12.0. The number of nitrogens with zero attached hydrogens (tertiary/aromatic N) is 1. The van der Waals surface area contributed by atoms with Gasteiger partial charge in [0.1, 0.15) is 10.0 Å². The predicted molar refractivity (Wildman–Crippen MR) is 82.6 cm³/mol. The van der Waals surface area contributed by atoms with Gasteiger partial charge >= 0.3 is 0 Å². The second-order valence-corrected chi connectivity index (χ2v) is 7.75. The standard InChI is InChI=1S/C14H15FN2O3S2/c1-9-7-12(22(16,19)20)21-13(9)14(18)17(2)8-10-3-5-11(15)6-4-10/h3-7H,8H2,1-2H3,(H2,16,19,20). The van der Waals surface area contributed by atoms with Gasteiger partial charge in [-0.15, -0.1) is 11.3 Å². The second-order valence-electron chi connectivity index (χ2n) is 4.91. The minimum absolute atomic E-state index is 0.0384. The quantitative estimate of drug-likeness (QED) is 0.924. The van der Waals surface area contributed by atoms with Crippen molar-refractivity contribution in [2.45, 2.75) is 17.7 Å². The minimum Gasteiger partial charge on any atom is -0.337 e. The molecule has 0 bridgehead atoms. The van der Waals surface area contributed by atoms with E-state index in [1.54, 1.807) is 26.1 Å². The van der Waals surface area contributed by atoms with E-state index in [9.17, 15) is 17.6 Å². The maximum atomic E-state index is 12.9. The minimum atomic E-state index is -3.82. The highest BCUT2D eigenvalue weighted by Crippen LogP contribution is 2.26. The fraction of sp³-hybridized carbons (Fsp3) is 0.214. The first-order chi connectivity index (χ1) is 10.2. The van der Waals surface area contributed by atoms with Crippen LogP contribution in [0.3, 0.4) is 0 Å². The Morgan fingerprint density at radius 3 is 2.41 bits per heavy atom. The molecule has 0 fully saturated rings. The number of carbonyl (C=O) groups is 1. The van der Waals surface area contributed by atoms with Crippen LogP contribution >= 0.6 is 11.3 Å². The largest absolute Gasteiger partial charge is 0.337 e. The maximum Gasteiger partial charge on any atom is 0.264 e. The number of thiophene rings is 1. The highest BCUT2D eigenvalue weighted by atomic mass is 32.2. The molecule has 118 valence electrons. The van der Waals surface area contributed by atoms with E-state index in [0.717, 1.165) is 16.9 Å². The van der Waals surface area contributed by atoms with E-state index in [0.29, 0.717) is 17.0 Å². The van der Waals surface area contributed by atoms with Crippen molar-refractivity contribution >= 4 is 27.3 Å². The lowest BCUT2D eigenvalue weighted by atomic mass is 10.2. The zero-order valence-corrected chi connectivity index (χ0v) is 13.7. The van der Waals surface area contributed by atoms with Crippen molar-refractivity contribution in [1.82, 2.24) is 4.90 Å². The molecule has 1 amide bonds. The van der Waals surface area contributed by atoms with Gasteiger partial charge in [0.05, 0.1) is 4.88 Å². The molecule has 1 aromatic heterocycles. The summed E-state index contributed by atoms with van der Waals surface area (Å²) in [6.45, 7) is 1.95. The Labute approximate surface area is 132 Å². The molecule has 0 aliphatic carbocycles. The van der Waals surface area contributed by atoms with Crippen LogP contribution in [0, 0.1) is 12.7 Å². The third-order valence-corrected chi connectivity index (χ3v) is 5.69. The van der Waals surface area contributed by atoms with Gasteiger partial charge in [-0.3, -0.25) is 4.79 Å².